The van der Waals surface area contributed by atoms with Gasteiger partial charge in [0.05, 0.1) is 5.69 Å². The number of amides is 1. The van der Waals surface area contributed by atoms with Gasteiger partial charge in [-0.05, 0) is 31.2 Å². The van der Waals surface area contributed by atoms with E-state index >= 15 is 0 Å². The molecule has 1 saturated heterocycles. The summed E-state index contributed by atoms with van der Waals surface area (Å²) in [5.41, 5.74) is 0.884. The molecular weight excluding hydrogens is 278 g/mol. The van der Waals surface area contributed by atoms with Crippen LogP contribution < -0.4 is 10.1 Å². The highest BCUT2D eigenvalue weighted by Gasteiger charge is 2.29. The van der Waals surface area contributed by atoms with Gasteiger partial charge >= 0.3 is 5.97 Å². The summed E-state index contributed by atoms with van der Waals surface area (Å²) in [5, 5.41) is 2.72. The van der Waals surface area contributed by atoms with E-state index < -0.39 is 12.1 Å². The van der Waals surface area contributed by atoms with Crippen LogP contribution in [0.25, 0.3) is 0 Å². The summed E-state index contributed by atoms with van der Waals surface area (Å²) in [7, 11) is 0. The first kappa shape index (κ1) is 13.3. The number of carbonyl (C=O) groups excluding carboxylic acids is 2. The monoisotopic (exact) mass is 293 g/mol. The molecule has 106 valence electrons. The molecule has 1 aromatic carbocycles. The number of ether oxygens (including phenoxy) is 2. The molecule has 2 aliphatic heterocycles. The molecule has 1 fully saturated rings. The predicted octanol–water partition coefficient (Wildman–Crippen LogP) is 2.07. The first-order valence-corrected chi connectivity index (χ1v) is 7.70. The van der Waals surface area contributed by atoms with Crippen molar-refractivity contribution in [3.8, 4) is 5.75 Å². The highest BCUT2D eigenvalue weighted by molar-refractivity contribution is 7.99. The highest BCUT2D eigenvalue weighted by atomic mass is 32.2. The Kier molecular flexibility index (Phi) is 3.56. The Balaban J connectivity index is 1.84. The van der Waals surface area contributed by atoms with E-state index in [4.69, 9.17) is 9.47 Å². The van der Waals surface area contributed by atoms with Gasteiger partial charge in [-0.3, -0.25) is 4.79 Å². The van der Waals surface area contributed by atoms with Crippen molar-refractivity contribution >= 4 is 29.3 Å². The Morgan fingerprint density at radius 3 is 3.10 bits per heavy atom. The van der Waals surface area contributed by atoms with Crippen LogP contribution >= 0.6 is 11.8 Å². The van der Waals surface area contributed by atoms with Crippen LogP contribution in [-0.4, -0.2) is 35.6 Å². The first-order valence-electron chi connectivity index (χ1n) is 6.54. The van der Waals surface area contributed by atoms with E-state index in [0.717, 1.165) is 17.9 Å². The molecular formula is C14H15NO4S. The van der Waals surface area contributed by atoms with Crippen LogP contribution in [0.3, 0.4) is 0 Å². The topological polar surface area (TPSA) is 64.6 Å². The van der Waals surface area contributed by atoms with Crippen LogP contribution in [0.4, 0.5) is 5.69 Å². The Morgan fingerprint density at radius 2 is 2.35 bits per heavy atom. The van der Waals surface area contributed by atoms with Crippen molar-refractivity contribution < 1.29 is 19.1 Å². The Hall–Kier alpha value is -1.69. The molecule has 5 nitrogen and oxygen atoms in total. The van der Waals surface area contributed by atoms with E-state index in [1.54, 1.807) is 36.9 Å². The lowest BCUT2D eigenvalue weighted by Crippen LogP contribution is -2.35. The molecule has 2 atom stereocenters. The maximum atomic E-state index is 12.2. The first-order chi connectivity index (χ1) is 9.65. The van der Waals surface area contributed by atoms with Gasteiger partial charge in [0.1, 0.15) is 11.7 Å². The summed E-state index contributed by atoms with van der Waals surface area (Å²) >= 11 is 1.78. The number of rotatable bonds is 2. The van der Waals surface area contributed by atoms with Gasteiger partial charge < -0.3 is 14.8 Å². The van der Waals surface area contributed by atoms with Crippen molar-refractivity contribution in [2.24, 2.45) is 0 Å². The molecule has 0 aliphatic carbocycles. The average Bonchev–Trinajstić information content (AvgIpc) is 2.92. The number of anilines is 1. The number of hydrogen-bond acceptors (Lipinski definition) is 5. The number of fused-ring (bicyclic) bond motifs is 1. The van der Waals surface area contributed by atoms with Gasteiger partial charge in [0.25, 0.3) is 5.91 Å². The maximum absolute atomic E-state index is 12.2. The number of para-hydroxylation sites is 1. The van der Waals surface area contributed by atoms with E-state index in [0.29, 0.717) is 17.0 Å². The Morgan fingerprint density at radius 1 is 1.50 bits per heavy atom. The minimum Gasteiger partial charge on any atom is -0.478 e. The van der Waals surface area contributed by atoms with Crippen LogP contribution in [0, 0.1) is 0 Å². The van der Waals surface area contributed by atoms with Gasteiger partial charge in [0.15, 0.2) is 11.9 Å². The van der Waals surface area contributed by atoms with E-state index in [1.807, 2.05) is 0 Å². The molecule has 0 bridgehead atoms. The summed E-state index contributed by atoms with van der Waals surface area (Å²) in [6.07, 6.45) is 0.247. The fraction of sp³-hybridized carbons (Fsp3) is 0.429. The smallest absolute Gasteiger partial charge is 0.342 e. The average molecular weight is 293 g/mol. The van der Waals surface area contributed by atoms with Gasteiger partial charge in [-0.2, -0.15) is 11.8 Å². The zero-order chi connectivity index (χ0) is 14.1. The van der Waals surface area contributed by atoms with Crippen LogP contribution in [0.2, 0.25) is 0 Å². The van der Waals surface area contributed by atoms with Crippen LogP contribution in [-0.2, 0) is 9.53 Å². The van der Waals surface area contributed by atoms with Crippen LogP contribution in [0.1, 0.15) is 23.7 Å². The van der Waals surface area contributed by atoms with Gasteiger partial charge in [0.2, 0.25) is 0 Å². The van der Waals surface area contributed by atoms with Crippen molar-refractivity contribution in [2.75, 3.05) is 16.8 Å². The molecule has 0 aromatic heterocycles. The van der Waals surface area contributed by atoms with Gasteiger partial charge in [-0.1, -0.05) is 6.07 Å². The second kappa shape index (κ2) is 5.36. The summed E-state index contributed by atoms with van der Waals surface area (Å²) < 4.78 is 11.0. The number of esters is 1. The normalized spacial score (nSPS) is 24.6. The van der Waals surface area contributed by atoms with E-state index in [2.05, 4.69) is 5.32 Å². The molecule has 1 aromatic rings. The molecule has 20 heavy (non-hydrogen) atoms. The molecule has 1 amide bonds. The minimum absolute atomic E-state index is 0.0287. The quantitative estimate of drug-likeness (QED) is 0.846. The van der Waals surface area contributed by atoms with Crippen molar-refractivity contribution in [3.05, 3.63) is 23.8 Å². The van der Waals surface area contributed by atoms with Crippen LogP contribution in [0.15, 0.2) is 18.2 Å². The number of benzene rings is 1. The van der Waals surface area contributed by atoms with Crippen molar-refractivity contribution in [2.45, 2.75) is 25.6 Å². The molecule has 3 rings (SSSR count). The standard InChI is InChI=1S/C14H15NO4S/c1-8-13(16)15-11-4-2-3-10(12(11)18-8)14(17)19-9-5-6-20-7-9/h2-4,8-9H,5-7H2,1H3,(H,15,16). The zero-order valence-electron chi connectivity index (χ0n) is 11.0. The Labute approximate surface area is 121 Å². The molecule has 0 spiro atoms. The molecule has 1 N–H and O–H groups in total. The number of carbonyl (C=O) groups is 2. The predicted molar refractivity (Wildman–Crippen MR) is 76.3 cm³/mol. The third-order valence-electron chi connectivity index (χ3n) is 3.32. The summed E-state index contributed by atoms with van der Waals surface area (Å²) in [5.74, 6) is 1.66. The molecule has 2 unspecified atom stereocenters. The minimum atomic E-state index is -0.613. The number of thioether (sulfide) groups is 1. The SMILES string of the molecule is CC1Oc2c(cccc2C(=O)OC2CCSC2)NC1=O. The zero-order valence-corrected chi connectivity index (χ0v) is 11.9. The van der Waals surface area contributed by atoms with Gasteiger partial charge in [0, 0.05) is 5.75 Å². The number of nitrogens with one attached hydrogen (secondary N) is 1. The van der Waals surface area contributed by atoms with E-state index in [1.165, 1.54) is 0 Å². The highest BCUT2D eigenvalue weighted by Crippen LogP contribution is 2.34. The summed E-state index contributed by atoms with van der Waals surface area (Å²) in [4.78, 5) is 23.8. The van der Waals surface area contributed by atoms with Gasteiger partial charge in [-0.15, -0.1) is 0 Å². The Bertz CT molecular complexity index is 554. The third kappa shape index (κ3) is 2.47. The lowest BCUT2D eigenvalue weighted by molar-refractivity contribution is -0.122. The molecule has 2 aliphatic rings. The van der Waals surface area contributed by atoms with Crippen LogP contribution in [0.5, 0.6) is 5.75 Å². The molecule has 0 radical (unpaired) electrons. The maximum Gasteiger partial charge on any atom is 0.342 e. The van der Waals surface area contributed by atoms with Gasteiger partial charge in [-0.25, -0.2) is 4.79 Å². The molecule has 6 heteroatoms. The summed E-state index contributed by atoms with van der Waals surface area (Å²) in [6.45, 7) is 1.65. The largest absolute Gasteiger partial charge is 0.478 e. The number of hydrogen-bond donors (Lipinski definition) is 1. The van der Waals surface area contributed by atoms with Crippen molar-refractivity contribution in [3.63, 3.8) is 0 Å². The molecule has 2 heterocycles. The second-order valence-electron chi connectivity index (χ2n) is 4.82. The second-order valence-corrected chi connectivity index (χ2v) is 5.97. The van der Waals surface area contributed by atoms with E-state index in [-0.39, 0.29) is 12.0 Å². The lowest BCUT2D eigenvalue weighted by Gasteiger charge is -2.25. The van der Waals surface area contributed by atoms with E-state index in [9.17, 15) is 9.59 Å². The summed E-state index contributed by atoms with van der Waals surface area (Å²) in [6, 6.07) is 5.08. The molecule has 0 saturated carbocycles. The fourth-order valence-electron chi connectivity index (χ4n) is 2.21. The fourth-order valence-corrected chi connectivity index (χ4v) is 3.30. The van der Waals surface area contributed by atoms with Crippen molar-refractivity contribution in [1.29, 1.82) is 0 Å². The van der Waals surface area contributed by atoms with Crippen molar-refractivity contribution in [1.82, 2.24) is 0 Å². The lowest BCUT2D eigenvalue weighted by atomic mass is 10.1. The third-order valence-corrected chi connectivity index (χ3v) is 4.45.